The number of fused-ring (bicyclic) bond motifs is 1. The molecule has 0 bridgehead atoms. The zero-order chi connectivity index (χ0) is 15.3. The Hall–Kier alpha value is -1.58. The molecule has 2 fully saturated rings. The second-order valence-electron chi connectivity index (χ2n) is 6.52. The van der Waals surface area contributed by atoms with Crippen molar-refractivity contribution in [3.8, 4) is 11.1 Å². The van der Waals surface area contributed by atoms with E-state index >= 15 is 0 Å². The van der Waals surface area contributed by atoms with Crippen LogP contribution in [0.5, 0.6) is 0 Å². The maximum absolute atomic E-state index is 6.32. The fourth-order valence-electron chi connectivity index (χ4n) is 3.69. The van der Waals surface area contributed by atoms with Gasteiger partial charge in [0.25, 0.3) is 0 Å². The zero-order valence-corrected chi connectivity index (χ0v) is 13.4. The van der Waals surface area contributed by atoms with Crippen molar-refractivity contribution in [2.75, 3.05) is 18.9 Å². The fourth-order valence-corrected chi connectivity index (χ4v) is 3.89. The van der Waals surface area contributed by atoms with E-state index in [1.54, 1.807) is 0 Å². The summed E-state index contributed by atoms with van der Waals surface area (Å²) in [6.07, 6.45) is 2.20. The van der Waals surface area contributed by atoms with Gasteiger partial charge in [0.05, 0.1) is 6.61 Å². The van der Waals surface area contributed by atoms with Gasteiger partial charge in [-0.3, -0.25) is 0 Å². The highest BCUT2D eigenvalue weighted by molar-refractivity contribution is 6.29. The van der Waals surface area contributed by atoms with E-state index in [-0.39, 0.29) is 5.41 Å². The first-order valence-corrected chi connectivity index (χ1v) is 8.09. The molecule has 0 spiro atoms. The van der Waals surface area contributed by atoms with Gasteiger partial charge in [0, 0.05) is 23.4 Å². The van der Waals surface area contributed by atoms with E-state index in [1.807, 2.05) is 24.3 Å². The Morgan fingerprint density at radius 2 is 2.18 bits per heavy atom. The van der Waals surface area contributed by atoms with E-state index in [1.165, 1.54) is 5.56 Å². The molecular weight excluding hydrogens is 296 g/mol. The Bertz CT molecular complexity index is 746. The van der Waals surface area contributed by atoms with Crippen LogP contribution in [-0.4, -0.2) is 18.2 Å². The summed E-state index contributed by atoms with van der Waals surface area (Å²) < 4.78 is 5.57. The van der Waals surface area contributed by atoms with Crippen LogP contribution < -0.4 is 5.73 Å². The first-order valence-electron chi connectivity index (χ1n) is 7.71. The van der Waals surface area contributed by atoms with Gasteiger partial charge in [-0.05, 0) is 66.6 Å². The predicted octanol–water partition coefficient (Wildman–Crippen LogP) is 3.97. The third-order valence-corrected chi connectivity index (χ3v) is 5.31. The Kier molecular flexibility index (Phi) is 3.17. The summed E-state index contributed by atoms with van der Waals surface area (Å²) >= 11 is 6.32. The van der Waals surface area contributed by atoms with Crippen LogP contribution in [0.1, 0.15) is 24.1 Å². The molecule has 4 rings (SSSR count). The van der Waals surface area contributed by atoms with E-state index in [0.29, 0.717) is 11.1 Å². The quantitative estimate of drug-likeness (QED) is 0.674. The van der Waals surface area contributed by atoms with Gasteiger partial charge >= 0.3 is 0 Å². The first kappa shape index (κ1) is 14.0. The normalized spacial score (nSPS) is 26.5. The number of aromatic nitrogens is 1. The molecule has 2 heterocycles. The number of hydrogen-bond acceptors (Lipinski definition) is 3. The van der Waals surface area contributed by atoms with Crippen molar-refractivity contribution in [3.05, 3.63) is 46.7 Å². The Labute approximate surface area is 135 Å². The number of nitrogen functional groups attached to an aromatic ring is 1. The Morgan fingerprint density at radius 3 is 3.00 bits per heavy atom. The number of ether oxygens (including phenoxy) is 1. The van der Waals surface area contributed by atoms with Crippen LogP contribution in [0.3, 0.4) is 0 Å². The van der Waals surface area contributed by atoms with Crippen LogP contribution in [0.2, 0.25) is 5.15 Å². The maximum Gasteiger partial charge on any atom is 0.129 e. The van der Waals surface area contributed by atoms with Crippen molar-refractivity contribution in [1.82, 2.24) is 4.98 Å². The highest BCUT2D eigenvalue weighted by Gasteiger charge is 2.57. The maximum atomic E-state index is 6.32. The van der Waals surface area contributed by atoms with Gasteiger partial charge in [0.15, 0.2) is 0 Å². The van der Waals surface area contributed by atoms with Gasteiger partial charge in [-0.15, -0.1) is 0 Å². The molecule has 1 aromatic carbocycles. The summed E-state index contributed by atoms with van der Waals surface area (Å²) in [5.41, 5.74) is 11.5. The molecule has 2 unspecified atom stereocenters. The molecule has 1 aliphatic heterocycles. The van der Waals surface area contributed by atoms with Gasteiger partial charge in [0.2, 0.25) is 0 Å². The van der Waals surface area contributed by atoms with E-state index in [2.05, 4.69) is 18.0 Å². The number of aryl methyl sites for hydroxylation is 1. The van der Waals surface area contributed by atoms with Crippen molar-refractivity contribution in [2.45, 2.75) is 25.2 Å². The number of halogens is 1. The number of nitrogens with zero attached hydrogens (tertiary/aromatic N) is 1. The number of hydrogen-bond donors (Lipinski definition) is 1. The standard InChI is InChI=1S/C18H19ClN2O/c1-11-2-3-14(20)8-15(11)12-6-16(21-17(19)7-12)18-4-5-22-10-13(18)9-18/h2-3,6-8,13H,4-5,9-10,20H2,1H3. The molecule has 2 atom stereocenters. The minimum absolute atomic E-state index is 0.187. The highest BCUT2D eigenvalue weighted by atomic mass is 35.5. The second kappa shape index (κ2) is 4.97. The molecule has 0 radical (unpaired) electrons. The molecule has 1 aromatic heterocycles. The third-order valence-electron chi connectivity index (χ3n) is 5.12. The van der Waals surface area contributed by atoms with Gasteiger partial charge in [-0.25, -0.2) is 4.98 Å². The van der Waals surface area contributed by atoms with Gasteiger partial charge < -0.3 is 10.5 Å². The Balaban J connectivity index is 1.80. The summed E-state index contributed by atoms with van der Waals surface area (Å²) in [5.74, 6) is 0.599. The Morgan fingerprint density at radius 1 is 1.32 bits per heavy atom. The van der Waals surface area contributed by atoms with Gasteiger partial charge in [-0.2, -0.15) is 0 Å². The third kappa shape index (κ3) is 2.20. The number of nitrogens with two attached hydrogens (primary N) is 1. The molecule has 2 aliphatic rings. The fraction of sp³-hybridized carbons (Fsp3) is 0.389. The second-order valence-corrected chi connectivity index (χ2v) is 6.91. The molecular formula is C18H19ClN2O. The van der Waals surface area contributed by atoms with Crippen LogP contribution in [-0.2, 0) is 10.2 Å². The summed E-state index contributed by atoms with van der Waals surface area (Å²) in [6, 6.07) is 10.1. The highest BCUT2D eigenvalue weighted by Crippen LogP contribution is 2.58. The summed E-state index contributed by atoms with van der Waals surface area (Å²) in [5, 5.41) is 0.556. The smallest absolute Gasteiger partial charge is 0.129 e. The monoisotopic (exact) mass is 314 g/mol. The van der Waals surface area contributed by atoms with E-state index in [4.69, 9.17) is 22.1 Å². The lowest BCUT2D eigenvalue weighted by Crippen LogP contribution is -2.22. The molecule has 1 saturated heterocycles. The summed E-state index contributed by atoms with van der Waals surface area (Å²) in [7, 11) is 0. The van der Waals surface area contributed by atoms with Gasteiger partial charge in [0.1, 0.15) is 5.15 Å². The molecule has 22 heavy (non-hydrogen) atoms. The van der Waals surface area contributed by atoms with E-state index < -0.39 is 0 Å². The van der Waals surface area contributed by atoms with Crippen molar-refractivity contribution in [1.29, 1.82) is 0 Å². The molecule has 4 heteroatoms. The van der Waals surface area contributed by atoms with Crippen LogP contribution >= 0.6 is 11.6 Å². The number of benzene rings is 1. The molecule has 0 amide bonds. The van der Waals surface area contributed by atoms with E-state index in [0.717, 1.165) is 48.6 Å². The predicted molar refractivity (Wildman–Crippen MR) is 89.1 cm³/mol. The average molecular weight is 315 g/mol. The zero-order valence-electron chi connectivity index (χ0n) is 12.6. The number of anilines is 1. The van der Waals surface area contributed by atoms with Crippen molar-refractivity contribution < 1.29 is 4.74 Å². The van der Waals surface area contributed by atoms with Crippen LogP contribution in [0.4, 0.5) is 5.69 Å². The number of pyridine rings is 1. The topological polar surface area (TPSA) is 48.1 Å². The molecule has 114 valence electrons. The molecule has 1 saturated carbocycles. The SMILES string of the molecule is Cc1ccc(N)cc1-c1cc(Cl)nc(C23CCOCC2C3)c1. The van der Waals surface area contributed by atoms with Crippen LogP contribution in [0, 0.1) is 12.8 Å². The van der Waals surface area contributed by atoms with Crippen molar-refractivity contribution in [3.63, 3.8) is 0 Å². The molecule has 2 aromatic rings. The van der Waals surface area contributed by atoms with Crippen LogP contribution in [0.15, 0.2) is 30.3 Å². The van der Waals surface area contributed by atoms with Crippen molar-refractivity contribution in [2.24, 2.45) is 5.92 Å². The average Bonchev–Trinajstić information content (AvgIpc) is 3.25. The molecule has 2 N–H and O–H groups in total. The lowest BCUT2D eigenvalue weighted by molar-refractivity contribution is 0.0794. The largest absolute Gasteiger partial charge is 0.399 e. The van der Waals surface area contributed by atoms with Crippen LogP contribution in [0.25, 0.3) is 11.1 Å². The van der Waals surface area contributed by atoms with Crippen molar-refractivity contribution >= 4 is 17.3 Å². The minimum atomic E-state index is 0.187. The lowest BCUT2D eigenvalue weighted by atomic mass is 9.91. The summed E-state index contributed by atoms with van der Waals surface area (Å²) in [4.78, 5) is 4.63. The molecule has 1 aliphatic carbocycles. The molecule has 3 nitrogen and oxygen atoms in total. The summed E-state index contributed by atoms with van der Waals surface area (Å²) in [6.45, 7) is 3.76. The minimum Gasteiger partial charge on any atom is -0.399 e. The van der Waals surface area contributed by atoms with Gasteiger partial charge in [-0.1, -0.05) is 17.7 Å². The van der Waals surface area contributed by atoms with E-state index in [9.17, 15) is 0 Å². The number of rotatable bonds is 2. The first-order chi connectivity index (χ1) is 10.6. The lowest BCUT2D eigenvalue weighted by Gasteiger charge is -2.22.